The van der Waals surface area contributed by atoms with Crippen LogP contribution >= 0.6 is 11.6 Å². The van der Waals surface area contributed by atoms with Crippen LogP contribution in [-0.4, -0.2) is 15.7 Å². The second-order valence-electron chi connectivity index (χ2n) is 4.72. The van der Waals surface area contributed by atoms with Crippen LogP contribution in [0, 0.1) is 5.92 Å². The van der Waals surface area contributed by atoms with Crippen molar-refractivity contribution in [1.29, 1.82) is 0 Å². The molecule has 1 aromatic rings. The zero-order valence-corrected chi connectivity index (χ0v) is 11.8. The summed E-state index contributed by atoms with van der Waals surface area (Å²) in [6, 6.07) is 7.49. The molecule has 2 unspecified atom stereocenters. The number of ketones is 1. The number of carbonyl (C=O) groups is 1. The lowest BCUT2D eigenvalue weighted by atomic mass is 10.1. The van der Waals surface area contributed by atoms with Gasteiger partial charge in [-0.1, -0.05) is 29.8 Å². The highest BCUT2D eigenvalue weighted by molar-refractivity contribution is 7.84. The fourth-order valence-electron chi connectivity index (χ4n) is 2.33. The normalized spacial score (nSPS) is 21.2. The zero-order chi connectivity index (χ0) is 13.0. The van der Waals surface area contributed by atoms with Gasteiger partial charge in [0.1, 0.15) is 5.78 Å². The number of halogens is 1. The molecule has 1 aromatic carbocycles. The van der Waals surface area contributed by atoms with Crippen molar-refractivity contribution in [2.75, 3.05) is 5.75 Å². The van der Waals surface area contributed by atoms with Crippen LogP contribution in [0.1, 0.15) is 31.2 Å². The van der Waals surface area contributed by atoms with E-state index >= 15 is 0 Å². The quantitative estimate of drug-likeness (QED) is 0.831. The molecule has 0 heterocycles. The molecule has 2 atom stereocenters. The van der Waals surface area contributed by atoms with E-state index in [1.165, 1.54) is 0 Å². The molecule has 18 heavy (non-hydrogen) atoms. The van der Waals surface area contributed by atoms with Crippen LogP contribution in [0.2, 0.25) is 5.02 Å². The standard InChI is InChI=1S/C14H17ClO2S/c15-13-6-2-1-4-12(13)10-18(17)9-8-11-5-3-7-14(11)16/h1-2,4,6,11H,3,5,7-10H2. The van der Waals surface area contributed by atoms with Gasteiger partial charge in [-0.25, -0.2) is 0 Å². The first kappa shape index (κ1) is 13.8. The lowest BCUT2D eigenvalue weighted by molar-refractivity contribution is -0.120. The number of hydrogen-bond donors (Lipinski definition) is 0. The van der Waals surface area contributed by atoms with Crippen molar-refractivity contribution in [3.05, 3.63) is 34.9 Å². The third-order valence-corrected chi connectivity index (χ3v) is 5.09. The lowest BCUT2D eigenvalue weighted by Crippen LogP contribution is -2.11. The molecular weight excluding hydrogens is 268 g/mol. The minimum absolute atomic E-state index is 0.153. The van der Waals surface area contributed by atoms with Gasteiger partial charge in [0.25, 0.3) is 0 Å². The van der Waals surface area contributed by atoms with Gasteiger partial charge < -0.3 is 0 Å². The first-order valence-electron chi connectivity index (χ1n) is 6.28. The second-order valence-corrected chi connectivity index (χ2v) is 6.71. The Morgan fingerprint density at radius 2 is 2.11 bits per heavy atom. The highest BCUT2D eigenvalue weighted by Gasteiger charge is 2.24. The molecule has 2 rings (SSSR count). The number of Topliss-reactive ketones (excluding diaryl/α,β-unsaturated/α-hetero) is 1. The Hall–Kier alpha value is -0.670. The maximum Gasteiger partial charge on any atom is 0.136 e. The summed E-state index contributed by atoms with van der Waals surface area (Å²) >= 11 is 6.03. The number of benzene rings is 1. The molecule has 4 heteroatoms. The fraction of sp³-hybridized carbons (Fsp3) is 0.500. The summed E-state index contributed by atoms with van der Waals surface area (Å²) < 4.78 is 12.0. The molecule has 0 bridgehead atoms. The molecule has 0 radical (unpaired) electrons. The van der Waals surface area contributed by atoms with Gasteiger partial charge in [0.05, 0.1) is 0 Å². The maximum absolute atomic E-state index is 12.0. The Bertz CT molecular complexity index is 459. The van der Waals surface area contributed by atoms with Crippen LogP contribution in [-0.2, 0) is 21.3 Å². The topological polar surface area (TPSA) is 34.1 Å². The van der Waals surface area contributed by atoms with Crippen LogP contribution in [0.3, 0.4) is 0 Å². The van der Waals surface area contributed by atoms with E-state index in [0.717, 1.165) is 24.8 Å². The summed E-state index contributed by atoms with van der Waals surface area (Å²) in [5.74, 6) is 1.59. The fourth-order valence-corrected chi connectivity index (χ4v) is 3.90. The Morgan fingerprint density at radius 1 is 1.33 bits per heavy atom. The van der Waals surface area contributed by atoms with Crippen molar-refractivity contribution in [1.82, 2.24) is 0 Å². The number of hydrogen-bond acceptors (Lipinski definition) is 2. The third-order valence-electron chi connectivity index (χ3n) is 3.40. The predicted octanol–water partition coefficient (Wildman–Crippen LogP) is 3.35. The minimum atomic E-state index is -0.929. The first-order chi connectivity index (χ1) is 8.66. The van der Waals surface area contributed by atoms with E-state index in [-0.39, 0.29) is 5.92 Å². The summed E-state index contributed by atoms with van der Waals surface area (Å²) in [5, 5.41) is 0.669. The molecule has 1 saturated carbocycles. The first-order valence-corrected chi connectivity index (χ1v) is 8.14. The van der Waals surface area contributed by atoms with Gasteiger partial charge in [-0.2, -0.15) is 0 Å². The van der Waals surface area contributed by atoms with E-state index in [4.69, 9.17) is 11.6 Å². The van der Waals surface area contributed by atoms with E-state index in [2.05, 4.69) is 0 Å². The summed E-state index contributed by atoms with van der Waals surface area (Å²) in [4.78, 5) is 11.5. The molecule has 0 amide bonds. The van der Waals surface area contributed by atoms with Gasteiger partial charge in [0.2, 0.25) is 0 Å². The molecule has 0 aliphatic heterocycles. The van der Waals surface area contributed by atoms with Gasteiger partial charge >= 0.3 is 0 Å². The van der Waals surface area contributed by atoms with Crippen LogP contribution in [0.25, 0.3) is 0 Å². The highest BCUT2D eigenvalue weighted by Crippen LogP contribution is 2.25. The van der Waals surface area contributed by atoms with Crippen molar-refractivity contribution in [2.24, 2.45) is 5.92 Å². The Labute approximate surface area is 115 Å². The van der Waals surface area contributed by atoms with Crippen molar-refractivity contribution in [2.45, 2.75) is 31.4 Å². The summed E-state index contributed by atoms with van der Waals surface area (Å²) in [6.07, 6.45) is 3.44. The molecule has 2 nitrogen and oxygen atoms in total. The summed E-state index contributed by atoms with van der Waals surface area (Å²) in [5.41, 5.74) is 0.926. The molecule has 1 aliphatic rings. The number of rotatable bonds is 5. The third kappa shape index (κ3) is 3.66. The number of carbonyl (C=O) groups excluding carboxylic acids is 1. The van der Waals surface area contributed by atoms with Crippen LogP contribution in [0.5, 0.6) is 0 Å². The Balaban J connectivity index is 1.82. The van der Waals surface area contributed by atoms with E-state index in [0.29, 0.717) is 28.7 Å². The maximum atomic E-state index is 12.0. The van der Waals surface area contributed by atoms with Gasteiger partial charge in [-0.05, 0) is 30.9 Å². The Kier molecular flexibility index (Phi) is 4.95. The molecule has 0 aromatic heterocycles. The highest BCUT2D eigenvalue weighted by atomic mass is 35.5. The molecule has 0 saturated heterocycles. The van der Waals surface area contributed by atoms with Gasteiger partial charge in [0.15, 0.2) is 0 Å². The predicted molar refractivity (Wildman–Crippen MR) is 75.1 cm³/mol. The average Bonchev–Trinajstić information content (AvgIpc) is 2.75. The monoisotopic (exact) mass is 284 g/mol. The van der Waals surface area contributed by atoms with E-state index < -0.39 is 10.8 Å². The van der Waals surface area contributed by atoms with E-state index in [1.54, 1.807) is 0 Å². The van der Waals surface area contributed by atoms with Gasteiger partial charge in [-0.3, -0.25) is 9.00 Å². The van der Waals surface area contributed by atoms with Crippen molar-refractivity contribution in [3.63, 3.8) is 0 Å². The van der Waals surface area contributed by atoms with E-state index in [1.807, 2.05) is 24.3 Å². The SMILES string of the molecule is O=C1CCCC1CCS(=O)Cc1ccccc1Cl. The largest absolute Gasteiger partial charge is 0.299 e. The molecular formula is C14H17ClO2S. The molecule has 0 N–H and O–H groups in total. The lowest BCUT2D eigenvalue weighted by Gasteiger charge is -2.08. The zero-order valence-electron chi connectivity index (χ0n) is 10.2. The summed E-state index contributed by atoms with van der Waals surface area (Å²) in [6.45, 7) is 0. The van der Waals surface area contributed by atoms with Crippen LogP contribution in [0.15, 0.2) is 24.3 Å². The molecule has 1 fully saturated rings. The summed E-state index contributed by atoms with van der Waals surface area (Å²) in [7, 11) is -0.929. The van der Waals surface area contributed by atoms with E-state index in [9.17, 15) is 9.00 Å². The van der Waals surface area contributed by atoms with Crippen molar-refractivity contribution in [3.8, 4) is 0 Å². The van der Waals surface area contributed by atoms with Gasteiger partial charge in [0, 0.05) is 39.7 Å². The van der Waals surface area contributed by atoms with Crippen LogP contribution < -0.4 is 0 Å². The van der Waals surface area contributed by atoms with Crippen molar-refractivity contribution < 1.29 is 9.00 Å². The van der Waals surface area contributed by atoms with Gasteiger partial charge in [-0.15, -0.1) is 0 Å². The van der Waals surface area contributed by atoms with Crippen LogP contribution in [0.4, 0.5) is 0 Å². The second kappa shape index (κ2) is 6.48. The molecule has 1 aliphatic carbocycles. The average molecular weight is 285 g/mol. The van der Waals surface area contributed by atoms with Crippen molar-refractivity contribution >= 4 is 28.2 Å². The minimum Gasteiger partial charge on any atom is -0.299 e. The Morgan fingerprint density at radius 3 is 2.78 bits per heavy atom. The molecule has 0 spiro atoms. The molecule has 98 valence electrons. The smallest absolute Gasteiger partial charge is 0.136 e.